The van der Waals surface area contributed by atoms with Crippen LogP contribution in [0.15, 0.2) is 0 Å². The van der Waals surface area contributed by atoms with Gasteiger partial charge in [-0.25, -0.2) is 17.6 Å². The van der Waals surface area contributed by atoms with E-state index in [1.807, 2.05) is 0 Å². The summed E-state index contributed by atoms with van der Waals surface area (Å²) in [6.07, 6.45) is 0. The van der Waals surface area contributed by atoms with E-state index in [2.05, 4.69) is 69.6 Å². The molecule has 0 aromatic heterocycles. The third kappa shape index (κ3) is 3.48. The topological polar surface area (TPSA) is 0 Å². The van der Waals surface area contributed by atoms with Crippen molar-refractivity contribution in [1.82, 2.24) is 0 Å². The van der Waals surface area contributed by atoms with Gasteiger partial charge < -0.3 is 0 Å². The first-order valence-electron chi connectivity index (χ1n) is 5.15. The maximum absolute atomic E-state index is 13.7. The van der Waals surface area contributed by atoms with Crippen LogP contribution in [0.1, 0.15) is 0 Å². The lowest BCUT2D eigenvalue weighted by Gasteiger charge is -2.45. The molecular weight excluding hydrogens is 537 g/mol. The lowest BCUT2D eigenvalue weighted by atomic mass is 9.95. The van der Waals surface area contributed by atoms with E-state index in [4.69, 9.17) is 0 Å². The Kier molecular flexibility index (Phi) is 6.95. The summed E-state index contributed by atoms with van der Waals surface area (Å²) in [5.74, 6) is -14.8. The third-order valence-electron chi connectivity index (χ3n) is 2.68. The zero-order valence-corrected chi connectivity index (χ0v) is 15.3. The molecule has 4 atom stereocenters. The van der Waals surface area contributed by atoms with Gasteiger partial charge in [0.05, 0.1) is 0 Å². The quantitative estimate of drug-likeness (QED) is 0.233. The number of hydrogen-bond acceptors (Lipinski definition) is 0. The molecular formula is C8Cl6F12. The largest absolute Gasteiger partial charge is 0.373 e. The highest BCUT2D eigenvalue weighted by atomic mass is 35.5. The Morgan fingerprint density at radius 2 is 0.462 bits per heavy atom. The summed E-state index contributed by atoms with van der Waals surface area (Å²) >= 11 is 23.6. The second-order valence-corrected chi connectivity index (χ2v) is 7.47. The minimum Gasteiger partial charge on any atom is -0.214 e. The van der Waals surface area contributed by atoms with Crippen LogP contribution in [-0.4, -0.2) is 43.1 Å². The van der Waals surface area contributed by atoms with Crippen LogP contribution in [0.3, 0.4) is 0 Å². The fourth-order valence-electron chi connectivity index (χ4n) is 1.14. The summed E-state index contributed by atoms with van der Waals surface area (Å²) in [6.45, 7) is 0. The van der Waals surface area contributed by atoms with E-state index in [9.17, 15) is 52.7 Å². The van der Waals surface area contributed by atoms with E-state index < -0.39 is 43.1 Å². The first kappa shape index (κ1) is 26.9. The third-order valence-corrected chi connectivity index (χ3v) is 5.58. The molecule has 0 aliphatic heterocycles. The van der Waals surface area contributed by atoms with E-state index >= 15 is 0 Å². The van der Waals surface area contributed by atoms with Crippen molar-refractivity contribution >= 4 is 69.6 Å². The lowest BCUT2D eigenvalue weighted by molar-refractivity contribution is -0.320. The van der Waals surface area contributed by atoms with E-state index in [1.54, 1.807) is 0 Å². The molecule has 0 aromatic rings. The highest BCUT2D eigenvalue weighted by Gasteiger charge is 2.91. The van der Waals surface area contributed by atoms with Crippen molar-refractivity contribution in [1.29, 1.82) is 0 Å². The van der Waals surface area contributed by atoms with Gasteiger partial charge in [0.1, 0.15) is 0 Å². The Morgan fingerprint density at radius 1 is 0.308 bits per heavy atom. The molecule has 0 aliphatic rings. The molecule has 0 spiro atoms. The fraction of sp³-hybridized carbons (Fsp3) is 1.00. The normalized spacial score (nSPS) is 24.2. The van der Waals surface area contributed by atoms with Crippen LogP contribution in [0.5, 0.6) is 0 Å². The van der Waals surface area contributed by atoms with Crippen LogP contribution in [0.2, 0.25) is 0 Å². The van der Waals surface area contributed by atoms with Gasteiger partial charge in [-0.2, -0.15) is 35.1 Å². The minimum absolute atomic E-state index is 3.83. The molecule has 0 N–H and O–H groups in total. The number of halogens is 18. The minimum atomic E-state index is -7.39. The Morgan fingerprint density at radius 3 is 0.577 bits per heavy atom. The van der Waals surface area contributed by atoms with Crippen molar-refractivity contribution in [3.8, 4) is 0 Å². The van der Waals surface area contributed by atoms with Crippen LogP contribution in [0.4, 0.5) is 52.7 Å². The molecule has 0 aromatic carbocycles. The van der Waals surface area contributed by atoms with Gasteiger partial charge in [0.15, 0.2) is 0 Å². The van der Waals surface area contributed by atoms with Crippen LogP contribution in [0.25, 0.3) is 0 Å². The lowest BCUT2D eigenvalue weighted by Crippen LogP contribution is -2.72. The summed E-state index contributed by atoms with van der Waals surface area (Å²) in [5, 5.41) is -37.4. The second kappa shape index (κ2) is 6.72. The molecule has 0 amide bonds. The highest BCUT2D eigenvalue weighted by molar-refractivity contribution is 6.40. The monoisotopic (exact) mass is 534 g/mol. The van der Waals surface area contributed by atoms with Crippen molar-refractivity contribution < 1.29 is 52.7 Å². The van der Waals surface area contributed by atoms with Crippen molar-refractivity contribution in [3.05, 3.63) is 0 Å². The van der Waals surface area contributed by atoms with Crippen LogP contribution >= 0.6 is 69.6 Å². The van der Waals surface area contributed by atoms with Gasteiger partial charge in [0, 0.05) is 0 Å². The SMILES string of the molecule is FC(F)(Cl)C(F)(Cl)C(F)(Cl)C(F)(F)C(F)(F)C(F)(Cl)C(F)(Cl)C(F)(F)Cl. The van der Waals surface area contributed by atoms with E-state index in [-0.39, 0.29) is 0 Å². The van der Waals surface area contributed by atoms with Gasteiger partial charge in [-0.3, -0.25) is 0 Å². The maximum Gasteiger partial charge on any atom is 0.373 e. The predicted molar refractivity (Wildman–Crippen MR) is 70.3 cm³/mol. The van der Waals surface area contributed by atoms with Crippen molar-refractivity contribution in [2.45, 2.75) is 43.1 Å². The molecule has 0 radical (unpaired) electrons. The average Bonchev–Trinajstić information content (AvgIpc) is 2.34. The molecule has 4 unspecified atom stereocenters. The molecule has 0 nitrogen and oxygen atoms in total. The fourth-order valence-corrected chi connectivity index (χ4v) is 2.21. The zero-order chi connectivity index (χ0) is 22.0. The number of hydrogen-bond donors (Lipinski definition) is 0. The summed E-state index contributed by atoms with van der Waals surface area (Å²) in [4.78, 5) is 0. The Bertz CT molecular complexity index is 485. The van der Waals surface area contributed by atoms with Gasteiger partial charge in [-0.05, 0) is 23.2 Å². The summed E-state index contributed by atoms with van der Waals surface area (Å²) in [7, 11) is 0. The maximum atomic E-state index is 13.7. The van der Waals surface area contributed by atoms with Gasteiger partial charge in [0.2, 0.25) is 0 Å². The molecule has 0 bridgehead atoms. The van der Waals surface area contributed by atoms with E-state index in [0.717, 1.165) is 0 Å². The molecule has 0 aliphatic carbocycles. The van der Waals surface area contributed by atoms with Crippen molar-refractivity contribution in [3.63, 3.8) is 0 Å². The average molecular weight is 537 g/mol. The Labute approximate surface area is 165 Å². The molecule has 0 saturated heterocycles. The number of rotatable bonds is 7. The van der Waals surface area contributed by atoms with E-state index in [0.29, 0.717) is 0 Å². The molecule has 0 rings (SSSR count). The first-order valence-corrected chi connectivity index (χ1v) is 7.42. The van der Waals surface area contributed by atoms with Gasteiger partial charge in [0.25, 0.3) is 0 Å². The second-order valence-electron chi connectivity index (χ2n) is 4.44. The summed E-state index contributed by atoms with van der Waals surface area (Å²) in [6, 6.07) is 0. The molecule has 158 valence electrons. The van der Waals surface area contributed by atoms with Crippen LogP contribution < -0.4 is 0 Å². The standard InChI is InChI=1S/C8Cl6F12/c9-1(15,3(11,17)7(13,23)24)5(19,20)6(21,22)2(10,16)4(12,18)8(14,25)26. The van der Waals surface area contributed by atoms with E-state index in [1.165, 1.54) is 0 Å². The van der Waals surface area contributed by atoms with Gasteiger partial charge >= 0.3 is 43.1 Å². The Hall–Kier alpha value is 0.900. The molecule has 18 heteroatoms. The van der Waals surface area contributed by atoms with Crippen LogP contribution in [-0.2, 0) is 0 Å². The molecule has 0 heterocycles. The van der Waals surface area contributed by atoms with Gasteiger partial charge in [-0.15, -0.1) is 0 Å². The first-order chi connectivity index (χ1) is 10.8. The number of alkyl halides is 18. The van der Waals surface area contributed by atoms with Crippen LogP contribution in [0, 0.1) is 0 Å². The zero-order valence-electron chi connectivity index (χ0n) is 10.8. The predicted octanol–water partition coefficient (Wildman–Crippen LogP) is 7.54. The molecule has 0 fully saturated rings. The highest BCUT2D eigenvalue weighted by Crippen LogP contribution is 2.66. The van der Waals surface area contributed by atoms with Gasteiger partial charge in [-0.1, -0.05) is 46.4 Å². The smallest absolute Gasteiger partial charge is 0.214 e. The molecule has 26 heavy (non-hydrogen) atoms. The summed E-state index contributed by atoms with van der Waals surface area (Å²) < 4.78 is 159. The molecule has 0 saturated carbocycles. The Balaban J connectivity index is 6.61. The van der Waals surface area contributed by atoms with Crippen molar-refractivity contribution in [2.24, 2.45) is 0 Å². The summed E-state index contributed by atoms with van der Waals surface area (Å²) in [5.41, 5.74) is 0. The van der Waals surface area contributed by atoms with Crippen molar-refractivity contribution in [2.75, 3.05) is 0 Å².